The van der Waals surface area contributed by atoms with Gasteiger partial charge in [0.15, 0.2) is 0 Å². The van der Waals surface area contributed by atoms with E-state index in [0.29, 0.717) is 77.1 Å². The maximum absolute atomic E-state index is 12.0. The number of urea groups is 1. The number of hydrogen-bond donors (Lipinski definition) is 4. The monoisotopic (exact) mass is 481 g/mol. The van der Waals surface area contributed by atoms with Crippen LogP contribution in [0.15, 0.2) is 24.3 Å². The first-order valence-corrected chi connectivity index (χ1v) is 12.4. The fourth-order valence-corrected chi connectivity index (χ4v) is 3.44. The maximum Gasteiger partial charge on any atom is 0.317 e. The van der Waals surface area contributed by atoms with Gasteiger partial charge in [-0.1, -0.05) is 26.0 Å². The smallest absolute Gasteiger partial charge is 0.317 e. The molecule has 194 valence electrons. The van der Waals surface area contributed by atoms with Gasteiger partial charge in [0.05, 0.1) is 25.9 Å². The van der Waals surface area contributed by atoms with Crippen molar-refractivity contribution in [1.29, 1.82) is 0 Å². The van der Waals surface area contributed by atoms with Gasteiger partial charge >= 0.3 is 6.03 Å². The number of benzene rings is 1. The Balaban J connectivity index is 1.47. The maximum atomic E-state index is 12.0. The van der Waals surface area contributed by atoms with E-state index in [0.717, 1.165) is 13.0 Å². The summed E-state index contributed by atoms with van der Waals surface area (Å²) in [6.45, 7) is 9.66. The molecule has 1 aliphatic rings. The summed E-state index contributed by atoms with van der Waals surface area (Å²) in [7, 11) is 0. The molecule has 34 heavy (non-hydrogen) atoms. The molecule has 0 aromatic heterocycles. The van der Waals surface area contributed by atoms with Crippen molar-refractivity contribution in [3.8, 4) is 5.75 Å². The van der Waals surface area contributed by atoms with E-state index in [1.54, 1.807) is 4.90 Å². The third-order valence-electron chi connectivity index (χ3n) is 5.43. The van der Waals surface area contributed by atoms with Crippen LogP contribution in [0.25, 0.3) is 0 Å². The minimum Gasteiger partial charge on any atom is -0.491 e. The lowest BCUT2D eigenvalue weighted by Gasteiger charge is -2.29. The second kappa shape index (κ2) is 16.7. The van der Waals surface area contributed by atoms with E-state index in [1.165, 1.54) is 5.56 Å². The zero-order chi connectivity index (χ0) is 24.6. The molecule has 0 aliphatic carbocycles. The van der Waals surface area contributed by atoms with Crippen LogP contribution in [0, 0.1) is 5.92 Å². The Bertz CT molecular complexity index is 665. The molecule has 1 atom stereocenters. The molecule has 0 spiro atoms. The van der Waals surface area contributed by atoms with E-state index in [-0.39, 0.29) is 18.7 Å². The molecule has 9 heteroatoms. The Labute approximate surface area is 203 Å². The molecular formula is C25H43N3O6. The molecule has 1 heterocycles. The molecule has 1 unspecified atom stereocenters. The van der Waals surface area contributed by atoms with Crippen molar-refractivity contribution in [2.24, 2.45) is 5.92 Å². The topological polar surface area (TPSA) is 113 Å². The highest BCUT2D eigenvalue weighted by atomic mass is 16.5. The number of amides is 2. The number of piperidine rings is 1. The molecule has 1 fully saturated rings. The Morgan fingerprint density at radius 3 is 2.47 bits per heavy atom. The molecule has 9 nitrogen and oxygen atoms in total. The standard InChI is InChI=1S/C25H43N3O6/c1-20(2)18-33-16-15-32-14-9-21-3-5-24(6-4-21)34-19-23(30)17-26-10-11-27-25(31)28-12-7-22(29)8-13-28/h3-6,20,22-23,26,29-30H,7-19H2,1-2H3,(H,27,31). The lowest BCUT2D eigenvalue weighted by molar-refractivity contribution is 0.0388. The zero-order valence-electron chi connectivity index (χ0n) is 20.7. The first-order chi connectivity index (χ1) is 16.4. The quantitative estimate of drug-likeness (QED) is 0.264. The number of carbonyl (C=O) groups is 1. The molecule has 1 saturated heterocycles. The van der Waals surface area contributed by atoms with Crippen LogP contribution in [0.4, 0.5) is 4.79 Å². The van der Waals surface area contributed by atoms with Crippen molar-refractivity contribution in [3.05, 3.63) is 29.8 Å². The van der Waals surface area contributed by atoms with Gasteiger partial charge in [0.25, 0.3) is 0 Å². The Kier molecular flexibility index (Phi) is 13.9. The first-order valence-electron chi connectivity index (χ1n) is 12.4. The van der Waals surface area contributed by atoms with Crippen LogP contribution >= 0.6 is 0 Å². The summed E-state index contributed by atoms with van der Waals surface area (Å²) in [5.74, 6) is 1.25. The van der Waals surface area contributed by atoms with Crippen LogP contribution in [-0.4, -0.2) is 99.1 Å². The molecule has 0 radical (unpaired) electrons. The number of nitrogens with zero attached hydrogens (tertiary/aromatic N) is 1. The molecule has 0 bridgehead atoms. The van der Waals surface area contributed by atoms with Crippen molar-refractivity contribution >= 4 is 6.03 Å². The zero-order valence-corrected chi connectivity index (χ0v) is 20.7. The highest BCUT2D eigenvalue weighted by Crippen LogP contribution is 2.13. The predicted molar refractivity (Wildman–Crippen MR) is 131 cm³/mol. The van der Waals surface area contributed by atoms with E-state index >= 15 is 0 Å². The van der Waals surface area contributed by atoms with E-state index in [9.17, 15) is 15.0 Å². The number of rotatable bonds is 16. The average molecular weight is 482 g/mol. The second-order valence-electron chi connectivity index (χ2n) is 9.09. The van der Waals surface area contributed by atoms with Crippen LogP contribution in [0.1, 0.15) is 32.3 Å². The van der Waals surface area contributed by atoms with Gasteiger partial charge in [-0.15, -0.1) is 0 Å². The van der Waals surface area contributed by atoms with E-state index in [2.05, 4.69) is 24.5 Å². The molecule has 1 aromatic carbocycles. The predicted octanol–water partition coefficient (Wildman–Crippen LogP) is 1.41. The molecule has 2 rings (SSSR count). The van der Waals surface area contributed by atoms with Crippen molar-refractivity contribution in [2.45, 2.75) is 45.3 Å². The van der Waals surface area contributed by atoms with Crippen molar-refractivity contribution in [1.82, 2.24) is 15.5 Å². The van der Waals surface area contributed by atoms with Crippen molar-refractivity contribution < 1.29 is 29.2 Å². The van der Waals surface area contributed by atoms with Gasteiger partial charge in [-0.3, -0.25) is 0 Å². The molecular weight excluding hydrogens is 438 g/mol. The number of aliphatic hydroxyl groups is 2. The van der Waals surface area contributed by atoms with Gasteiger partial charge in [-0.25, -0.2) is 4.79 Å². The van der Waals surface area contributed by atoms with Crippen LogP contribution < -0.4 is 15.4 Å². The van der Waals surface area contributed by atoms with Crippen LogP contribution in [0.5, 0.6) is 5.75 Å². The minimum absolute atomic E-state index is 0.108. The average Bonchev–Trinajstić information content (AvgIpc) is 2.82. The number of likely N-dealkylation sites (tertiary alicyclic amines) is 1. The fourth-order valence-electron chi connectivity index (χ4n) is 3.44. The van der Waals surface area contributed by atoms with Gasteiger partial charge in [0.1, 0.15) is 18.5 Å². The van der Waals surface area contributed by atoms with Crippen LogP contribution in [0.3, 0.4) is 0 Å². The van der Waals surface area contributed by atoms with E-state index in [1.807, 2.05) is 24.3 Å². The summed E-state index contributed by atoms with van der Waals surface area (Å²) in [6, 6.07) is 7.70. The largest absolute Gasteiger partial charge is 0.491 e. The van der Waals surface area contributed by atoms with Crippen molar-refractivity contribution in [2.75, 3.05) is 65.8 Å². The number of carbonyl (C=O) groups excluding carboxylic acids is 1. The molecule has 1 aromatic rings. The van der Waals surface area contributed by atoms with Gasteiger partial charge in [0, 0.05) is 39.3 Å². The van der Waals surface area contributed by atoms with Gasteiger partial charge < -0.3 is 40.0 Å². The third-order valence-corrected chi connectivity index (χ3v) is 5.43. The van der Waals surface area contributed by atoms with E-state index in [4.69, 9.17) is 14.2 Å². The number of ether oxygens (including phenoxy) is 3. The van der Waals surface area contributed by atoms with Crippen molar-refractivity contribution in [3.63, 3.8) is 0 Å². The van der Waals surface area contributed by atoms with Gasteiger partial charge in [-0.2, -0.15) is 0 Å². The number of nitrogens with one attached hydrogen (secondary N) is 2. The highest BCUT2D eigenvalue weighted by molar-refractivity contribution is 5.74. The molecule has 1 aliphatic heterocycles. The van der Waals surface area contributed by atoms with Gasteiger partial charge in [-0.05, 0) is 42.9 Å². The minimum atomic E-state index is -0.648. The summed E-state index contributed by atoms with van der Waals surface area (Å²) >= 11 is 0. The SMILES string of the molecule is CC(C)COCCOCCc1ccc(OCC(O)CNCCNC(=O)N2CCC(O)CC2)cc1. The van der Waals surface area contributed by atoms with Crippen LogP contribution in [0.2, 0.25) is 0 Å². The summed E-state index contributed by atoms with van der Waals surface area (Å²) in [5.41, 5.74) is 1.17. The molecule has 4 N–H and O–H groups in total. The second-order valence-corrected chi connectivity index (χ2v) is 9.09. The summed E-state index contributed by atoms with van der Waals surface area (Å²) < 4.78 is 16.8. The Morgan fingerprint density at radius 1 is 1.06 bits per heavy atom. The summed E-state index contributed by atoms with van der Waals surface area (Å²) in [6.07, 6.45) is 1.14. The molecule has 2 amide bonds. The lowest BCUT2D eigenvalue weighted by Crippen LogP contribution is -2.47. The summed E-state index contributed by atoms with van der Waals surface area (Å²) in [4.78, 5) is 13.8. The highest BCUT2D eigenvalue weighted by Gasteiger charge is 2.20. The van der Waals surface area contributed by atoms with E-state index < -0.39 is 6.10 Å². The lowest BCUT2D eigenvalue weighted by atomic mass is 10.1. The number of hydrogen-bond acceptors (Lipinski definition) is 7. The number of aliphatic hydroxyl groups excluding tert-OH is 2. The summed E-state index contributed by atoms with van der Waals surface area (Å²) in [5, 5.41) is 25.6. The van der Waals surface area contributed by atoms with Gasteiger partial charge in [0.2, 0.25) is 0 Å². The van der Waals surface area contributed by atoms with Crippen LogP contribution in [-0.2, 0) is 15.9 Å². The normalized spacial score (nSPS) is 15.5. The fraction of sp³-hybridized carbons (Fsp3) is 0.720. The molecule has 0 saturated carbocycles. The third kappa shape index (κ3) is 12.5. The first kappa shape index (κ1) is 28.3. The Morgan fingerprint density at radius 2 is 1.76 bits per heavy atom. The Hall–Kier alpha value is -1.91.